The minimum Gasteiger partial charge on any atom is -0.397 e. The molecule has 3 N–H and O–H groups in total. The Morgan fingerprint density at radius 3 is 2.68 bits per heavy atom. The number of hydrogen-bond acceptors (Lipinski definition) is 3. The number of nitrogens with one attached hydrogen (secondary N) is 1. The van der Waals surface area contributed by atoms with Crippen molar-refractivity contribution in [3.05, 3.63) is 51.0 Å². The van der Waals surface area contributed by atoms with E-state index in [9.17, 15) is 0 Å². The summed E-state index contributed by atoms with van der Waals surface area (Å²) in [6, 6.07) is 10.9. The van der Waals surface area contributed by atoms with Crippen molar-refractivity contribution in [1.82, 2.24) is 0 Å². The highest BCUT2D eigenvalue weighted by Gasteiger charge is 2.07. The summed E-state index contributed by atoms with van der Waals surface area (Å²) in [4.78, 5) is 0. The monoisotopic (exact) mass is 335 g/mol. The smallest absolute Gasteiger partial charge is 0.0992 e. The zero-order chi connectivity index (χ0) is 14.0. The Labute approximate surface area is 125 Å². The van der Waals surface area contributed by atoms with Crippen molar-refractivity contribution in [1.29, 1.82) is 5.26 Å². The third kappa shape index (κ3) is 3.01. The molecule has 19 heavy (non-hydrogen) atoms. The second-order valence-corrected chi connectivity index (χ2v) is 5.38. The fraction of sp³-hybridized carbons (Fsp3) is 0.0714. The molecule has 0 radical (unpaired) electrons. The van der Waals surface area contributed by atoms with E-state index in [1.807, 2.05) is 19.1 Å². The van der Waals surface area contributed by atoms with E-state index in [2.05, 4.69) is 27.3 Å². The first-order valence-electron chi connectivity index (χ1n) is 5.53. The first-order valence-corrected chi connectivity index (χ1v) is 6.70. The van der Waals surface area contributed by atoms with Crippen LogP contribution in [-0.4, -0.2) is 0 Å². The van der Waals surface area contributed by atoms with E-state index in [-0.39, 0.29) is 0 Å². The molecule has 0 atom stereocenters. The van der Waals surface area contributed by atoms with Crippen LogP contribution in [0.3, 0.4) is 0 Å². The topological polar surface area (TPSA) is 61.8 Å². The normalized spacial score (nSPS) is 10.0. The lowest BCUT2D eigenvalue weighted by Crippen LogP contribution is -1.98. The van der Waals surface area contributed by atoms with Crippen LogP contribution in [0.15, 0.2) is 34.8 Å². The van der Waals surface area contributed by atoms with E-state index in [1.165, 1.54) is 0 Å². The number of nitrogens with zero attached hydrogens (tertiary/aromatic N) is 1. The molecule has 0 heterocycles. The molecule has 5 heteroatoms. The second kappa shape index (κ2) is 5.52. The highest BCUT2D eigenvalue weighted by Crippen LogP contribution is 2.33. The Hall–Kier alpha value is -1.70. The van der Waals surface area contributed by atoms with E-state index < -0.39 is 0 Å². The van der Waals surface area contributed by atoms with E-state index in [0.29, 0.717) is 22.0 Å². The Morgan fingerprint density at radius 2 is 2.00 bits per heavy atom. The molecule has 0 aliphatic heterocycles. The number of rotatable bonds is 2. The standard InChI is InChI=1S/C14H11BrClN3/c1-8-4-10(15)13(6-11(8)16)19-14-5-9(7-17)2-3-12(14)18/h2-6,19H,18H2,1H3. The van der Waals surface area contributed by atoms with Crippen molar-refractivity contribution in [2.75, 3.05) is 11.1 Å². The number of aryl methyl sites for hydroxylation is 1. The van der Waals surface area contributed by atoms with Crippen LogP contribution in [0.5, 0.6) is 0 Å². The van der Waals surface area contributed by atoms with Crippen molar-refractivity contribution >= 4 is 44.6 Å². The molecular formula is C14H11BrClN3. The number of nitrogens with two attached hydrogens (primary N) is 1. The van der Waals surface area contributed by atoms with Gasteiger partial charge in [0.1, 0.15) is 0 Å². The average Bonchev–Trinajstić information content (AvgIpc) is 2.38. The Bertz CT molecular complexity index is 677. The predicted molar refractivity (Wildman–Crippen MR) is 82.7 cm³/mol. The fourth-order valence-electron chi connectivity index (χ4n) is 1.62. The second-order valence-electron chi connectivity index (χ2n) is 4.12. The maximum absolute atomic E-state index is 8.91. The first-order chi connectivity index (χ1) is 9.01. The molecule has 0 fully saturated rings. The Kier molecular flexibility index (Phi) is 3.98. The highest BCUT2D eigenvalue weighted by atomic mass is 79.9. The van der Waals surface area contributed by atoms with Crippen LogP contribution in [0, 0.1) is 18.3 Å². The summed E-state index contributed by atoms with van der Waals surface area (Å²) in [7, 11) is 0. The number of anilines is 3. The molecule has 0 amide bonds. The molecule has 96 valence electrons. The third-order valence-corrected chi connectivity index (χ3v) is 3.76. The highest BCUT2D eigenvalue weighted by molar-refractivity contribution is 9.10. The molecular weight excluding hydrogens is 326 g/mol. The van der Waals surface area contributed by atoms with Crippen LogP contribution >= 0.6 is 27.5 Å². The van der Waals surface area contributed by atoms with Gasteiger partial charge in [0, 0.05) is 9.50 Å². The third-order valence-electron chi connectivity index (χ3n) is 2.70. The molecule has 0 aromatic heterocycles. The van der Waals surface area contributed by atoms with Gasteiger partial charge in [0.2, 0.25) is 0 Å². The molecule has 0 unspecified atom stereocenters. The molecule has 0 bridgehead atoms. The molecule has 0 aliphatic carbocycles. The summed E-state index contributed by atoms with van der Waals surface area (Å²) in [5.74, 6) is 0. The van der Waals surface area contributed by atoms with Crippen LogP contribution in [0.25, 0.3) is 0 Å². The van der Waals surface area contributed by atoms with Gasteiger partial charge in [-0.1, -0.05) is 11.6 Å². The number of halogens is 2. The van der Waals surface area contributed by atoms with Crippen LogP contribution in [0.2, 0.25) is 5.02 Å². The summed E-state index contributed by atoms with van der Waals surface area (Å²) in [6.07, 6.45) is 0. The van der Waals surface area contributed by atoms with Gasteiger partial charge in [0.05, 0.1) is 28.7 Å². The van der Waals surface area contributed by atoms with Gasteiger partial charge in [0.25, 0.3) is 0 Å². The number of benzene rings is 2. The van der Waals surface area contributed by atoms with E-state index in [1.54, 1.807) is 18.2 Å². The number of nitrogen functional groups attached to an aromatic ring is 1. The molecule has 0 saturated heterocycles. The van der Waals surface area contributed by atoms with Gasteiger partial charge < -0.3 is 11.1 Å². The minimum absolute atomic E-state index is 0.547. The van der Waals surface area contributed by atoms with Gasteiger partial charge in [-0.3, -0.25) is 0 Å². The lowest BCUT2D eigenvalue weighted by Gasteiger charge is -2.12. The summed E-state index contributed by atoms with van der Waals surface area (Å²) < 4.78 is 0.885. The summed E-state index contributed by atoms with van der Waals surface area (Å²) in [6.45, 7) is 1.93. The van der Waals surface area contributed by atoms with Gasteiger partial charge in [-0.05, 0) is 58.7 Å². The summed E-state index contributed by atoms with van der Waals surface area (Å²) in [5.41, 5.74) is 9.48. The maximum atomic E-state index is 8.91. The van der Waals surface area contributed by atoms with Crippen molar-refractivity contribution in [2.24, 2.45) is 0 Å². The quantitative estimate of drug-likeness (QED) is 0.787. The lowest BCUT2D eigenvalue weighted by atomic mass is 10.1. The largest absolute Gasteiger partial charge is 0.397 e. The fourth-order valence-corrected chi connectivity index (χ4v) is 2.34. The zero-order valence-electron chi connectivity index (χ0n) is 10.2. The Balaban J connectivity index is 2.42. The van der Waals surface area contributed by atoms with Gasteiger partial charge in [0.15, 0.2) is 0 Å². The van der Waals surface area contributed by atoms with Gasteiger partial charge in [-0.2, -0.15) is 5.26 Å². The minimum atomic E-state index is 0.547. The maximum Gasteiger partial charge on any atom is 0.0992 e. The molecule has 2 rings (SSSR count). The molecule has 2 aromatic carbocycles. The summed E-state index contributed by atoms with van der Waals surface area (Å²) in [5, 5.41) is 12.7. The SMILES string of the molecule is Cc1cc(Br)c(Nc2cc(C#N)ccc2N)cc1Cl. The number of hydrogen-bond donors (Lipinski definition) is 2. The zero-order valence-corrected chi connectivity index (χ0v) is 12.5. The van der Waals surface area contributed by atoms with E-state index >= 15 is 0 Å². The molecule has 2 aromatic rings. The predicted octanol–water partition coefficient (Wildman–Crippen LogP) is 4.61. The first kappa shape index (κ1) is 13.7. The average molecular weight is 337 g/mol. The van der Waals surface area contributed by atoms with Crippen molar-refractivity contribution in [3.63, 3.8) is 0 Å². The van der Waals surface area contributed by atoms with E-state index in [4.69, 9.17) is 22.6 Å². The van der Waals surface area contributed by atoms with Gasteiger partial charge in [-0.25, -0.2) is 0 Å². The molecule has 0 aliphatic rings. The molecule has 3 nitrogen and oxygen atoms in total. The van der Waals surface area contributed by atoms with Gasteiger partial charge >= 0.3 is 0 Å². The van der Waals surface area contributed by atoms with E-state index in [0.717, 1.165) is 15.7 Å². The van der Waals surface area contributed by atoms with Crippen LogP contribution in [0.1, 0.15) is 11.1 Å². The molecule has 0 saturated carbocycles. The van der Waals surface area contributed by atoms with Crippen molar-refractivity contribution in [3.8, 4) is 6.07 Å². The van der Waals surface area contributed by atoms with Gasteiger partial charge in [-0.15, -0.1) is 0 Å². The summed E-state index contributed by atoms with van der Waals surface area (Å²) >= 11 is 9.58. The van der Waals surface area contributed by atoms with Crippen LogP contribution < -0.4 is 11.1 Å². The van der Waals surface area contributed by atoms with Crippen LogP contribution in [0.4, 0.5) is 17.1 Å². The van der Waals surface area contributed by atoms with Crippen molar-refractivity contribution in [2.45, 2.75) is 6.92 Å². The Morgan fingerprint density at radius 1 is 1.26 bits per heavy atom. The lowest BCUT2D eigenvalue weighted by molar-refractivity contribution is 1.42. The molecule has 0 spiro atoms. The van der Waals surface area contributed by atoms with Crippen LogP contribution in [-0.2, 0) is 0 Å². The number of nitriles is 1. The van der Waals surface area contributed by atoms with Crippen molar-refractivity contribution < 1.29 is 0 Å².